The Morgan fingerprint density at radius 3 is 2.43 bits per heavy atom. The van der Waals surface area contributed by atoms with E-state index in [1.165, 1.54) is 6.42 Å². The first-order chi connectivity index (χ1) is 9.95. The van der Waals surface area contributed by atoms with Crippen molar-refractivity contribution in [3.63, 3.8) is 0 Å². The summed E-state index contributed by atoms with van der Waals surface area (Å²) < 4.78 is 0. The molecule has 2 aliphatic heterocycles. The van der Waals surface area contributed by atoms with Crippen LogP contribution in [0.5, 0.6) is 0 Å². The Hall–Kier alpha value is -1.59. The highest BCUT2D eigenvalue weighted by Gasteiger charge is 2.51. The van der Waals surface area contributed by atoms with Crippen molar-refractivity contribution < 1.29 is 14.4 Å². The summed E-state index contributed by atoms with van der Waals surface area (Å²) in [5.74, 6) is -0.144. The van der Waals surface area contributed by atoms with E-state index < -0.39 is 11.6 Å². The summed E-state index contributed by atoms with van der Waals surface area (Å²) in [5.41, 5.74) is -1.20. The zero-order valence-electron chi connectivity index (χ0n) is 12.5. The predicted molar refractivity (Wildman–Crippen MR) is 76.4 cm³/mol. The van der Waals surface area contributed by atoms with Crippen LogP contribution < -0.4 is 10.6 Å². The van der Waals surface area contributed by atoms with Gasteiger partial charge in [0.15, 0.2) is 0 Å². The predicted octanol–water partition coefficient (Wildman–Crippen LogP) is 1.16. The number of carbonyl (C=O) groups is 3. The molecule has 6 heteroatoms. The third-order valence-electron chi connectivity index (χ3n) is 5.27. The second kappa shape index (κ2) is 5.00. The van der Waals surface area contributed by atoms with Gasteiger partial charge in [0.25, 0.3) is 5.91 Å². The fourth-order valence-electron chi connectivity index (χ4n) is 3.97. The van der Waals surface area contributed by atoms with E-state index in [0.717, 1.165) is 32.1 Å². The van der Waals surface area contributed by atoms with E-state index >= 15 is 0 Å². The Bertz CT molecular complexity index is 485. The molecule has 1 atom stereocenters. The molecule has 21 heavy (non-hydrogen) atoms. The normalized spacial score (nSPS) is 32.0. The van der Waals surface area contributed by atoms with Crippen molar-refractivity contribution in [1.29, 1.82) is 0 Å². The van der Waals surface area contributed by atoms with Crippen LogP contribution in [0.3, 0.4) is 0 Å². The summed E-state index contributed by atoms with van der Waals surface area (Å²) in [5, 5.41) is 5.02. The van der Waals surface area contributed by atoms with Crippen LogP contribution in [-0.4, -0.2) is 41.4 Å². The molecule has 4 amide bonds. The average Bonchev–Trinajstić information content (AvgIpc) is 2.72. The lowest BCUT2D eigenvalue weighted by Gasteiger charge is -2.43. The zero-order chi connectivity index (χ0) is 15.1. The lowest BCUT2D eigenvalue weighted by atomic mass is 9.74. The van der Waals surface area contributed by atoms with E-state index in [1.807, 2.05) is 6.92 Å². The number of likely N-dealkylation sites (tertiary alicyclic amines) is 1. The number of hydrogen-bond acceptors (Lipinski definition) is 3. The average molecular weight is 293 g/mol. The molecule has 0 radical (unpaired) electrons. The lowest BCUT2D eigenvalue weighted by Crippen LogP contribution is -2.61. The van der Waals surface area contributed by atoms with Crippen LogP contribution in [-0.2, 0) is 9.59 Å². The summed E-state index contributed by atoms with van der Waals surface area (Å²) in [6.07, 6.45) is 6.59. The summed E-state index contributed by atoms with van der Waals surface area (Å²) >= 11 is 0. The molecule has 2 saturated heterocycles. The number of piperidine rings is 1. The van der Waals surface area contributed by atoms with Crippen LogP contribution in [0, 0.1) is 5.41 Å². The molecule has 1 saturated carbocycles. The second-order valence-corrected chi connectivity index (χ2v) is 6.94. The third-order valence-corrected chi connectivity index (χ3v) is 5.27. The van der Waals surface area contributed by atoms with E-state index in [9.17, 15) is 14.4 Å². The van der Waals surface area contributed by atoms with Crippen molar-refractivity contribution >= 4 is 17.8 Å². The molecule has 2 heterocycles. The van der Waals surface area contributed by atoms with Gasteiger partial charge in [-0.1, -0.05) is 26.2 Å². The largest absolute Gasteiger partial charge is 0.339 e. The first kappa shape index (κ1) is 14.4. The number of imide groups is 1. The van der Waals surface area contributed by atoms with Crippen molar-refractivity contribution in [3.05, 3.63) is 0 Å². The van der Waals surface area contributed by atoms with Crippen LogP contribution in [0.25, 0.3) is 0 Å². The molecule has 1 unspecified atom stereocenters. The Morgan fingerprint density at radius 1 is 1.10 bits per heavy atom. The van der Waals surface area contributed by atoms with Gasteiger partial charge in [-0.25, -0.2) is 4.79 Å². The van der Waals surface area contributed by atoms with Crippen molar-refractivity contribution in [2.24, 2.45) is 5.41 Å². The van der Waals surface area contributed by atoms with Crippen LogP contribution in [0.1, 0.15) is 51.9 Å². The smallest absolute Gasteiger partial charge is 0.322 e. The van der Waals surface area contributed by atoms with Gasteiger partial charge in [0.1, 0.15) is 5.54 Å². The molecular weight excluding hydrogens is 270 g/mol. The van der Waals surface area contributed by atoms with Crippen molar-refractivity contribution in [2.45, 2.75) is 57.4 Å². The molecule has 2 N–H and O–H groups in total. The molecule has 116 valence electrons. The summed E-state index contributed by atoms with van der Waals surface area (Å²) in [4.78, 5) is 38.2. The Kier molecular flexibility index (Phi) is 3.42. The fraction of sp³-hybridized carbons (Fsp3) is 0.800. The number of carbonyl (C=O) groups excluding carboxylic acids is 3. The standard InChI is InChI=1S/C15H23N3O3/c1-14(6-3-2-4-7-14)12(20)18-9-5-8-15(10-18)11(19)16-13(21)17-15/h2-10H2,1H3,(H2,16,17,19,21). The number of hydrogen-bond donors (Lipinski definition) is 2. The molecular formula is C15H23N3O3. The number of nitrogens with one attached hydrogen (secondary N) is 2. The van der Waals surface area contributed by atoms with Crippen molar-refractivity contribution in [1.82, 2.24) is 15.5 Å². The summed E-state index contributed by atoms with van der Waals surface area (Å²) in [7, 11) is 0. The van der Waals surface area contributed by atoms with E-state index in [1.54, 1.807) is 4.90 Å². The monoisotopic (exact) mass is 293 g/mol. The number of rotatable bonds is 1. The number of nitrogens with zero attached hydrogens (tertiary/aromatic N) is 1. The van der Waals surface area contributed by atoms with Crippen LogP contribution in [0.2, 0.25) is 0 Å². The van der Waals surface area contributed by atoms with Crippen LogP contribution in [0.4, 0.5) is 4.79 Å². The molecule has 0 aromatic heterocycles. The molecule has 1 spiro atoms. The highest BCUT2D eigenvalue weighted by Crippen LogP contribution is 2.38. The summed E-state index contributed by atoms with van der Waals surface area (Å²) in [6, 6.07) is -0.446. The molecule has 0 bridgehead atoms. The molecule has 0 aromatic rings. The minimum Gasteiger partial charge on any atom is -0.339 e. The molecule has 1 aliphatic carbocycles. The summed E-state index contributed by atoms with van der Waals surface area (Å²) in [6.45, 7) is 3.03. The molecule has 0 aromatic carbocycles. The Balaban J connectivity index is 1.75. The highest BCUT2D eigenvalue weighted by molar-refractivity contribution is 6.07. The maximum absolute atomic E-state index is 12.9. The maximum Gasteiger partial charge on any atom is 0.322 e. The van der Waals surface area contributed by atoms with Gasteiger partial charge in [0.2, 0.25) is 5.91 Å². The molecule has 6 nitrogen and oxygen atoms in total. The van der Waals surface area contributed by atoms with E-state index in [0.29, 0.717) is 19.5 Å². The van der Waals surface area contributed by atoms with Gasteiger partial charge >= 0.3 is 6.03 Å². The first-order valence-electron chi connectivity index (χ1n) is 7.88. The quantitative estimate of drug-likeness (QED) is 0.712. The van der Waals surface area contributed by atoms with Crippen LogP contribution in [0.15, 0.2) is 0 Å². The Labute approximate surface area is 124 Å². The zero-order valence-corrected chi connectivity index (χ0v) is 12.5. The fourth-order valence-corrected chi connectivity index (χ4v) is 3.97. The number of urea groups is 1. The van der Waals surface area contributed by atoms with Gasteiger partial charge in [0.05, 0.1) is 6.54 Å². The van der Waals surface area contributed by atoms with Gasteiger partial charge < -0.3 is 10.2 Å². The first-order valence-corrected chi connectivity index (χ1v) is 7.88. The molecule has 3 rings (SSSR count). The topological polar surface area (TPSA) is 78.5 Å². The van der Waals surface area contributed by atoms with Gasteiger partial charge in [-0.2, -0.15) is 0 Å². The SMILES string of the molecule is CC1(C(=O)N2CCCC3(C2)NC(=O)NC3=O)CCCCC1. The minimum atomic E-state index is -0.907. The van der Waals surface area contributed by atoms with Crippen molar-refractivity contribution in [2.75, 3.05) is 13.1 Å². The molecule has 3 aliphatic rings. The van der Waals surface area contributed by atoms with Gasteiger partial charge in [-0.05, 0) is 25.7 Å². The van der Waals surface area contributed by atoms with Gasteiger partial charge in [-0.3, -0.25) is 14.9 Å². The van der Waals surface area contributed by atoms with Gasteiger partial charge in [0, 0.05) is 12.0 Å². The minimum absolute atomic E-state index is 0.148. The van der Waals surface area contributed by atoms with Crippen molar-refractivity contribution in [3.8, 4) is 0 Å². The van der Waals surface area contributed by atoms with Crippen LogP contribution >= 0.6 is 0 Å². The van der Waals surface area contributed by atoms with E-state index in [2.05, 4.69) is 10.6 Å². The highest BCUT2D eigenvalue weighted by atomic mass is 16.2. The second-order valence-electron chi connectivity index (χ2n) is 6.94. The molecule has 3 fully saturated rings. The number of amides is 4. The van der Waals surface area contributed by atoms with E-state index in [4.69, 9.17) is 0 Å². The third kappa shape index (κ3) is 2.40. The lowest BCUT2D eigenvalue weighted by molar-refractivity contribution is -0.146. The van der Waals surface area contributed by atoms with E-state index in [-0.39, 0.29) is 17.2 Å². The van der Waals surface area contributed by atoms with Gasteiger partial charge in [-0.15, -0.1) is 0 Å². The Morgan fingerprint density at radius 2 is 1.81 bits per heavy atom. The maximum atomic E-state index is 12.9.